The molecule has 17 heavy (non-hydrogen) atoms. The van der Waals surface area contributed by atoms with Gasteiger partial charge < -0.3 is 20.0 Å². The van der Waals surface area contributed by atoms with Crippen LogP contribution in [0.4, 0.5) is 0 Å². The molecule has 1 rings (SSSR count). The van der Waals surface area contributed by atoms with E-state index in [0.717, 1.165) is 5.96 Å². The predicted molar refractivity (Wildman–Crippen MR) is 65.7 cm³/mol. The number of carbonyl (C=O) groups is 1. The summed E-state index contributed by atoms with van der Waals surface area (Å²) >= 11 is 0. The Morgan fingerprint density at radius 1 is 1.29 bits per heavy atom. The molecular formula is C11H18N4O2. The van der Waals surface area contributed by atoms with Crippen LogP contribution in [0, 0.1) is 0 Å². The monoisotopic (exact) mass is 238 g/mol. The summed E-state index contributed by atoms with van der Waals surface area (Å²) in [6, 6.07) is 3.25. The summed E-state index contributed by atoms with van der Waals surface area (Å²) in [6.07, 6.45) is 0. The van der Waals surface area contributed by atoms with E-state index in [1.54, 1.807) is 12.1 Å². The van der Waals surface area contributed by atoms with E-state index in [4.69, 9.17) is 10.2 Å². The van der Waals surface area contributed by atoms with Crippen molar-refractivity contribution in [3.05, 3.63) is 23.7 Å². The first kappa shape index (κ1) is 13.1. The Labute approximate surface area is 101 Å². The van der Waals surface area contributed by atoms with Crippen LogP contribution in [0.25, 0.3) is 0 Å². The van der Waals surface area contributed by atoms with Gasteiger partial charge >= 0.3 is 0 Å². The zero-order valence-electron chi connectivity index (χ0n) is 10.6. The van der Waals surface area contributed by atoms with Gasteiger partial charge in [-0.25, -0.2) is 4.99 Å². The van der Waals surface area contributed by atoms with Crippen molar-refractivity contribution in [1.29, 1.82) is 0 Å². The van der Waals surface area contributed by atoms with Crippen LogP contribution in [0.1, 0.15) is 16.3 Å². The highest BCUT2D eigenvalue weighted by molar-refractivity contribution is 5.89. The van der Waals surface area contributed by atoms with Crippen LogP contribution < -0.4 is 5.73 Å². The Kier molecular flexibility index (Phi) is 4.14. The first-order valence-corrected chi connectivity index (χ1v) is 5.19. The number of nitrogens with zero attached hydrogens (tertiary/aromatic N) is 3. The molecule has 94 valence electrons. The Bertz CT molecular complexity index is 411. The van der Waals surface area contributed by atoms with Crippen LogP contribution >= 0.6 is 0 Å². The first-order chi connectivity index (χ1) is 7.91. The zero-order valence-corrected chi connectivity index (χ0v) is 10.6. The molecule has 0 saturated carbocycles. The molecule has 1 aromatic heterocycles. The van der Waals surface area contributed by atoms with Gasteiger partial charge in [0.05, 0.1) is 0 Å². The molecule has 0 fully saturated rings. The van der Waals surface area contributed by atoms with Crippen molar-refractivity contribution < 1.29 is 9.21 Å². The molecule has 0 aliphatic carbocycles. The molecule has 0 saturated heterocycles. The molecule has 0 bridgehead atoms. The molecule has 1 heterocycles. The fraction of sp³-hybridized carbons (Fsp3) is 0.455. The fourth-order valence-corrected chi connectivity index (χ4v) is 1.43. The van der Waals surface area contributed by atoms with E-state index in [1.807, 2.05) is 38.0 Å². The maximum absolute atomic E-state index is 10.8. The van der Waals surface area contributed by atoms with E-state index in [1.165, 1.54) is 0 Å². The highest BCUT2D eigenvalue weighted by Gasteiger charge is 2.08. The minimum atomic E-state index is -0.569. The maximum Gasteiger partial charge on any atom is 0.284 e. The van der Waals surface area contributed by atoms with Crippen molar-refractivity contribution in [1.82, 2.24) is 9.80 Å². The van der Waals surface area contributed by atoms with Gasteiger partial charge in [0.15, 0.2) is 11.7 Å². The molecule has 0 aromatic carbocycles. The van der Waals surface area contributed by atoms with Crippen molar-refractivity contribution >= 4 is 11.9 Å². The molecule has 2 N–H and O–H groups in total. The second-order valence-corrected chi connectivity index (χ2v) is 4.04. The third kappa shape index (κ3) is 3.51. The molecule has 0 aliphatic heterocycles. The lowest BCUT2D eigenvalue weighted by molar-refractivity contribution is 0.0972. The van der Waals surface area contributed by atoms with Crippen LogP contribution in [0.15, 0.2) is 21.5 Å². The van der Waals surface area contributed by atoms with Crippen molar-refractivity contribution in [2.45, 2.75) is 6.54 Å². The third-order valence-corrected chi connectivity index (χ3v) is 2.08. The van der Waals surface area contributed by atoms with Crippen LogP contribution in [0.5, 0.6) is 0 Å². The van der Waals surface area contributed by atoms with E-state index in [0.29, 0.717) is 12.3 Å². The number of rotatable bonds is 3. The van der Waals surface area contributed by atoms with E-state index >= 15 is 0 Å². The summed E-state index contributed by atoms with van der Waals surface area (Å²) in [6.45, 7) is 0.374. The average Bonchev–Trinajstić information content (AvgIpc) is 2.65. The minimum absolute atomic E-state index is 0.159. The summed E-state index contributed by atoms with van der Waals surface area (Å²) in [5.41, 5.74) is 5.09. The SMILES string of the molecule is CN(C)C(=NCc1ccc(C(N)=O)o1)N(C)C. The highest BCUT2D eigenvalue weighted by atomic mass is 16.3. The molecule has 6 nitrogen and oxygen atoms in total. The lowest BCUT2D eigenvalue weighted by Gasteiger charge is -2.22. The Morgan fingerprint density at radius 3 is 2.29 bits per heavy atom. The number of amides is 1. The summed E-state index contributed by atoms with van der Waals surface area (Å²) in [7, 11) is 7.65. The summed E-state index contributed by atoms with van der Waals surface area (Å²) in [4.78, 5) is 19.0. The number of furan rings is 1. The van der Waals surface area contributed by atoms with Crippen molar-refractivity contribution in [3.63, 3.8) is 0 Å². The number of hydrogen-bond acceptors (Lipinski definition) is 3. The van der Waals surface area contributed by atoms with Crippen molar-refractivity contribution in [2.75, 3.05) is 28.2 Å². The Hall–Kier alpha value is -1.98. The van der Waals surface area contributed by atoms with Crippen LogP contribution in [-0.4, -0.2) is 49.9 Å². The number of carbonyl (C=O) groups excluding carboxylic acids is 1. The van der Waals surface area contributed by atoms with Gasteiger partial charge in [-0.15, -0.1) is 0 Å². The van der Waals surface area contributed by atoms with Gasteiger partial charge in [0.1, 0.15) is 12.3 Å². The highest BCUT2D eigenvalue weighted by Crippen LogP contribution is 2.08. The van der Waals surface area contributed by atoms with Gasteiger partial charge in [-0.05, 0) is 12.1 Å². The third-order valence-electron chi connectivity index (χ3n) is 2.08. The van der Waals surface area contributed by atoms with Gasteiger partial charge in [0.2, 0.25) is 0 Å². The van der Waals surface area contributed by atoms with Gasteiger partial charge in [-0.1, -0.05) is 0 Å². The molecule has 6 heteroatoms. The Morgan fingerprint density at radius 2 is 1.88 bits per heavy atom. The number of guanidine groups is 1. The average molecular weight is 238 g/mol. The molecule has 1 amide bonds. The quantitative estimate of drug-likeness (QED) is 0.609. The molecule has 0 aliphatic rings. The van der Waals surface area contributed by atoms with Crippen LogP contribution in [0.2, 0.25) is 0 Å². The van der Waals surface area contributed by atoms with Gasteiger partial charge in [-0.3, -0.25) is 4.79 Å². The molecule has 0 atom stereocenters. The minimum Gasteiger partial charge on any atom is -0.454 e. The zero-order chi connectivity index (χ0) is 13.0. The summed E-state index contributed by atoms with van der Waals surface area (Å²) in [5, 5.41) is 0. The van der Waals surface area contributed by atoms with Gasteiger partial charge in [-0.2, -0.15) is 0 Å². The normalized spacial score (nSPS) is 9.88. The van der Waals surface area contributed by atoms with Crippen LogP contribution in [0.3, 0.4) is 0 Å². The van der Waals surface area contributed by atoms with Gasteiger partial charge in [0.25, 0.3) is 5.91 Å². The second-order valence-electron chi connectivity index (χ2n) is 4.04. The smallest absolute Gasteiger partial charge is 0.284 e. The van der Waals surface area contributed by atoms with Crippen molar-refractivity contribution in [2.24, 2.45) is 10.7 Å². The number of nitrogens with two attached hydrogens (primary N) is 1. The van der Waals surface area contributed by atoms with Crippen molar-refractivity contribution in [3.8, 4) is 0 Å². The maximum atomic E-state index is 10.8. The lowest BCUT2D eigenvalue weighted by atomic mass is 10.4. The molecular weight excluding hydrogens is 220 g/mol. The Balaban J connectivity index is 2.76. The fourth-order valence-electron chi connectivity index (χ4n) is 1.43. The van der Waals surface area contributed by atoms with Crippen LogP contribution in [-0.2, 0) is 6.54 Å². The van der Waals surface area contributed by atoms with E-state index in [-0.39, 0.29) is 5.76 Å². The second kappa shape index (κ2) is 5.38. The number of aliphatic imine (C=N–C) groups is 1. The standard InChI is InChI=1S/C11H18N4O2/c1-14(2)11(15(3)4)13-7-8-5-6-9(17-8)10(12)16/h5-6H,7H2,1-4H3,(H2,12,16). The summed E-state index contributed by atoms with van der Waals surface area (Å²) in [5.74, 6) is 1.02. The van der Waals surface area contributed by atoms with E-state index in [9.17, 15) is 4.79 Å². The summed E-state index contributed by atoms with van der Waals surface area (Å²) < 4.78 is 5.24. The molecule has 0 spiro atoms. The number of primary amides is 1. The largest absolute Gasteiger partial charge is 0.454 e. The van der Waals surface area contributed by atoms with E-state index < -0.39 is 5.91 Å². The van der Waals surface area contributed by atoms with Gasteiger partial charge in [0, 0.05) is 28.2 Å². The number of hydrogen-bond donors (Lipinski definition) is 1. The topological polar surface area (TPSA) is 75.1 Å². The predicted octanol–water partition coefficient (Wildman–Crippen LogP) is 0.358. The van der Waals surface area contributed by atoms with E-state index in [2.05, 4.69) is 4.99 Å². The molecule has 1 aromatic rings. The molecule has 0 radical (unpaired) electrons. The lowest BCUT2D eigenvalue weighted by Crippen LogP contribution is -2.35. The molecule has 0 unspecified atom stereocenters. The first-order valence-electron chi connectivity index (χ1n) is 5.19.